The molecular weight excluding hydrogens is 260 g/mol. The molecule has 5 heteroatoms. The van der Waals surface area contributed by atoms with Gasteiger partial charge in [-0.05, 0) is 18.6 Å². The van der Waals surface area contributed by atoms with Crippen LogP contribution in [0.4, 0.5) is 0 Å². The van der Waals surface area contributed by atoms with E-state index in [0.29, 0.717) is 13.2 Å². The first kappa shape index (κ1) is 13.0. The first-order valence-corrected chi connectivity index (χ1v) is 7.57. The summed E-state index contributed by atoms with van der Waals surface area (Å²) in [5, 5.41) is 9.37. The summed E-state index contributed by atoms with van der Waals surface area (Å²) in [5.74, 6) is 1.80. The van der Waals surface area contributed by atoms with Crippen LogP contribution in [0.5, 0.6) is 0 Å². The van der Waals surface area contributed by atoms with Gasteiger partial charge >= 0.3 is 0 Å². The second-order valence-corrected chi connectivity index (χ2v) is 6.28. The fraction of sp³-hybridized carbons (Fsp3) is 0.500. The fourth-order valence-corrected chi connectivity index (χ4v) is 3.40. The predicted molar refractivity (Wildman–Crippen MR) is 76.4 cm³/mol. The van der Waals surface area contributed by atoms with Gasteiger partial charge in [-0.15, -0.1) is 0 Å². The molecule has 0 aromatic carbocycles. The number of hydrogen-bond acceptors (Lipinski definition) is 4. The zero-order valence-electron chi connectivity index (χ0n) is 11.0. The van der Waals surface area contributed by atoms with Gasteiger partial charge in [0.15, 0.2) is 0 Å². The average Bonchev–Trinajstić information content (AvgIpc) is 2.77. The molecule has 2 aromatic heterocycles. The van der Waals surface area contributed by atoms with Crippen LogP contribution in [0.2, 0.25) is 0 Å². The molecule has 0 radical (unpaired) electrons. The maximum absolute atomic E-state index is 9.37. The smallest absolute Gasteiger partial charge is 0.139 e. The predicted octanol–water partition coefficient (Wildman–Crippen LogP) is 1.88. The third-order valence-corrected chi connectivity index (χ3v) is 4.85. The fourth-order valence-electron chi connectivity index (χ4n) is 2.26. The summed E-state index contributed by atoms with van der Waals surface area (Å²) in [6.45, 7) is 3.65. The number of nitrogens with zero attached hydrogens (tertiary/aromatic N) is 2. The van der Waals surface area contributed by atoms with Crippen LogP contribution in [-0.2, 0) is 10.5 Å². The van der Waals surface area contributed by atoms with Crippen molar-refractivity contribution in [3.05, 3.63) is 35.8 Å². The highest BCUT2D eigenvalue weighted by Gasteiger charge is 2.37. The van der Waals surface area contributed by atoms with Crippen LogP contribution in [0.15, 0.2) is 24.5 Å². The number of aryl methyl sites for hydroxylation is 1. The van der Waals surface area contributed by atoms with Gasteiger partial charge in [-0.2, -0.15) is 11.8 Å². The highest BCUT2D eigenvalue weighted by atomic mass is 32.2. The lowest BCUT2D eigenvalue weighted by atomic mass is 9.90. The number of aromatic nitrogens is 2. The minimum Gasteiger partial charge on any atom is -0.396 e. The van der Waals surface area contributed by atoms with Gasteiger partial charge in [0.1, 0.15) is 5.65 Å². The van der Waals surface area contributed by atoms with E-state index in [4.69, 9.17) is 4.74 Å². The van der Waals surface area contributed by atoms with Crippen LogP contribution >= 0.6 is 11.8 Å². The zero-order valence-corrected chi connectivity index (χ0v) is 11.8. The molecule has 0 atom stereocenters. The van der Waals surface area contributed by atoms with Crippen LogP contribution in [0.1, 0.15) is 11.3 Å². The number of thioether (sulfide) groups is 1. The molecule has 1 aliphatic heterocycles. The molecular formula is C14H18N2O2S. The van der Waals surface area contributed by atoms with Crippen molar-refractivity contribution in [1.29, 1.82) is 0 Å². The number of aliphatic hydroxyl groups excluding tert-OH is 1. The first-order chi connectivity index (χ1) is 9.22. The summed E-state index contributed by atoms with van der Waals surface area (Å²) >= 11 is 1.82. The summed E-state index contributed by atoms with van der Waals surface area (Å²) in [4.78, 5) is 4.65. The molecule has 0 bridgehead atoms. The SMILES string of the molecule is Cc1cccn2cc(CSCC3(CO)COC3)nc12. The highest BCUT2D eigenvalue weighted by molar-refractivity contribution is 7.98. The Labute approximate surface area is 116 Å². The molecule has 0 unspecified atom stereocenters. The Morgan fingerprint density at radius 3 is 3.00 bits per heavy atom. The first-order valence-electron chi connectivity index (χ1n) is 6.42. The summed E-state index contributed by atoms with van der Waals surface area (Å²) in [6.07, 6.45) is 4.11. The van der Waals surface area contributed by atoms with Crippen molar-refractivity contribution >= 4 is 17.4 Å². The Morgan fingerprint density at radius 2 is 2.37 bits per heavy atom. The summed E-state index contributed by atoms with van der Waals surface area (Å²) < 4.78 is 7.27. The second-order valence-electron chi connectivity index (χ2n) is 5.30. The molecule has 1 N–H and O–H groups in total. The third-order valence-electron chi connectivity index (χ3n) is 3.54. The third kappa shape index (κ3) is 2.50. The van der Waals surface area contributed by atoms with Crippen LogP contribution in [0.3, 0.4) is 0 Å². The van der Waals surface area contributed by atoms with E-state index in [9.17, 15) is 5.11 Å². The molecule has 1 fully saturated rings. The minimum atomic E-state index is -0.0141. The van der Waals surface area contributed by atoms with Crippen molar-refractivity contribution < 1.29 is 9.84 Å². The quantitative estimate of drug-likeness (QED) is 0.907. The number of fused-ring (bicyclic) bond motifs is 1. The highest BCUT2D eigenvalue weighted by Crippen LogP contribution is 2.32. The molecule has 102 valence electrons. The Bertz CT molecular complexity index is 572. The number of ether oxygens (including phenoxy) is 1. The molecule has 3 heterocycles. The van der Waals surface area contributed by atoms with Gasteiger partial charge in [-0.1, -0.05) is 6.07 Å². The van der Waals surface area contributed by atoms with E-state index in [0.717, 1.165) is 22.8 Å². The van der Waals surface area contributed by atoms with E-state index < -0.39 is 0 Å². The van der Waals surface area contributed by atoms with Crippen molar-refractivity contribution in [1.82, 2.24) is 9.38 Å². The second kappa shape index (κ2) is 5.15. The monoisotopic (exact) mass is 278 g/mol. The van der Waals surface area contributed by atoms with Crippen molar-refractivity contribution in [3.63, 3.8) is 0 Å². The van der Waals surface area contributed by atoms with Crippen molar-refractivity contribution in [3.8, 4) is 0 Å². The van der Waals surface area contributed by atoms with Crippen LogP contribution in [-0.4, -0.2) is 40.1 Å². The maximum Gasteiger partial charge on any atom is 0.139 e. The van der Waals surface area contributed by atoms with Crippen LogP contribution < -0.4 is 0 Å². The van der Waals surface area contributed by atoms with Crippen LogP contribution in [0.25, 0.3) is 5.65 Å². The molecule has 19 heavy (non-hydrogen) atoms. The molecule has 1 saturated heterocycles. The van der Waals surface area contributed by atoms with Gasteiger partial charge in [0.25, 0.3) is 0 Å². The Balaban J connectivity index is 1.64. The number of rotatable bonds is 5. The lowest BCUT2D eigenvalue weighted by molar-refractivity contribution is -0.121. The summed E-state index contributed by atoms with van der Waals surface area (Å²) in [6, 6.07) is 4.11. The Hall–Kier alpha value is -1.04. The summed E-state index contributed by atoms with van der Waals surface area (Å²) in [7, 11) is 0. The minimum absolute atomic E-state index is 0.0141. The number of imidazole rings is 1. The largest absolute Gasteiger partial charge is 0.396 e. The topological polar surface area (TPSA) is 46.8 Å². The Kier molecular flexibility index (Phi) is 3.52. The number of pyridine rings is 1. The molecule has 2 aromatic rings. The van der Waals surface area contributed by atoms with Gasteiger partial charge in [-0.25, -0.2) is 4.98 Å². The molecule has 0 saturated carbocycles. The van der Waals surface area contributed by atoms with E-state index in [-0.39, 0.29) is 12.0 Å². The zero-order chi connectivity index (χ0) is 13.3. The van der Waals surface area contributed by atoms with Crippen molar-refractivity contribution in [2.45, 2.75) is 12.7 Å². The van der Waals surface area contributed by atoms with Gasteiger partial charge in [0.2, 0.25) is 0 Å². The van der Waals surface area contributed by atoms with E-state index >= 15 is 0 Å². The van der Waals surface area contributed by atoms with Crippen molar-refractivity contribution in [2.24, 2.45) is 5.41 Å². The molecule has 0 spiro atoms. The van der Waals surface area contributed by atoms with E-state index in [1.807, 2.05) is 24.0 Å². The van der Waals surface area contributed by atoms with Crippen LogP contribution in [0, 0.1) is 12.3 Å². The lowest BCUT2D eigenvalue weighted by Gasteiger charge is -2.39. The number of aliphatic hydroxyl groups is 1. The van der Waals surface area contributed by atoms with Gasteiger partial charge in [0.05, 0.1) is 25.5 Å². The maximum atomic E-state index is 9.37. The Morgan fingerprint density at radius 1 is 1.53 bits per heavy atom. The lowest BCUT2D eigenvalue weighted by Crippen LogP contribution is -2.47. The van der Waals surface area contributed by atoms with E-state index in [1.165, 1.54) is 5.56 Å². The molecule has 3 rings (SSSR count). The van der Waals surface area contributed by atoms with Gasteiger partial charge in [0, 0.05) is 29.3 Å². The molecule has 1 aliphatic rings. The standard InChI is InChI=1S/C14H18N2O2S/c1-11-3-2-4-16-5-12(15-13(11)16)6-19-10-14(7-17)8-18-9-14/h2-5,17H,6-10H2,1H3. The van der Waals surface area contributed by atoms with E-state index in [1.54, 1.807) is 0 Å². The average molecular weight is 278 g/mol. The normalized spacial score (nSPS) is 17.6. The van der Waals surface area contributed by atoms with Gasteiger partial charge < -0.3 is 14.2 Å². The van der Waals surface area contributed by atoms with Crippen molar-refractivity contribution in [2.75, 3.05) is 25.6 Å². The number of hydrogen-bond donors (Lipinski definition) is 1. The van der Waals surface area contributed by atoms with Gasteiger partial charge in [-0.3, -0.25) is 0 Å². The summed E-state index contributed by atoms with van der Waals surface area (Å²) in [5.41, 5.74) is 3.30. The molecule has 4 nitrogen and oxygen atoms in total. The molecule has 0 amide bonds. The van der Waals surface area contributed by atoms with E-state index in [2.05, 4.69) is 28.6 Å². The molecule has 0 aliphatic carbocycles.